The van der Waals surface area contributed by atoms with E-state index in [1.807, 2.05) is 0 Å². The van der Waals surface area contributed by atoms with Gasteiger partial charge >= 0.3 is 0 Å². The maximum Gasteiger partial charge on any atom is -0.0320 e. The highest BCUT2D eigenvalue weighted by atomic mass is 14.1. The molecule has 0 atom stereocenters. The van der Waals surface area contributed by atoms with Gasteiger partial charge in [0.15, 0.2) is 0 Å². The second-order valence-electron chi connectivity index (χ2n) is 6.30. The van der Waals surface area contributed by atoms with Gasteiger partial charge in [0.05, 0.1) is 0 Å². The highest BCUT2D eigenvalue weighted by molar-refractivity contribution is 5.09. The summed E-state index contributed by atoms with van der Waals surface area (Å²) < 4.78 is 0. The molecule has 0 fully saturated rings. The summed E-state index contributed by atoms with van der Waals surface area (Å²) in [5.41, 5.74) is 3.36. The van der Waals surface area contributed by atoms with E-state index < -0.39 is 0 Å². The Morgan fingerprint density at radius 2 is 0.611 bits per heavy atom. The largest absolute Gasteiger partial charge is 0.0744 e. The molecule has 0 radical (unpaired) electrons. The van der Waals surface area contributed by atoms with Crippen molar-refractivity contribution in [3.05, 3.63) is 11.1 Å². The minimum atomic E-state index is 1.35. The number of rotatable bonds is 0. The normalized spacial score (nSPS) is 27.0. The lowest BCUT2D eigenvalue weighted by atomic mass is 9.97. The van der Waals surface area contributed by atoms with Gasteiger partial charge in [-0.25, -0.2) is 0 Å². The van der Waals surface area contributed by atoms with E-state index in [2.05, 4.69) is 13.8 Å². The van der Waals surface area contributed by atoms with Crippen molar-refractivity contribution in [1.29, 1.82) is 0 Å². The van der Waals surface area contributed by atoms with Gasteiger partial charge in [-0.3, -0.25) is 0 Å². The summed E-state index contributed by atoms with van der Waals surface area (Å²) in [4.78, 5) is 0. The Hall–Kier alpha value is -0.260. The van der Waals surface area contributed by atoms with Crippen molar-refractivity contribution in [2.45, 2.75) is 104 Å². The summed E-state index contributed by atoms with van der Waals surface area (Å²) >= 11 is 0. The van der Waals surface area contributed by atoms with Gasteiger partial charge in [-0.05, 0) is 39.5 Å². The zero-order chi connectivity index (χ0) is 13.1. The first-order chi connectivity index (χ1) is 8.80. The van der Waals surface area contributed by atoms with E-state index >= 15 is 0 Å². The Morgan fingerprint density at radius 1 is 0.389 bits per heavy atom. The number of allylic oxidation sites excluding steroid dienone is 2. The lowest BCUT2D eigenvalue weighted by molar-refractivity contribution is 0.536. The van der Waals surface area contributed by atoms with Crippen LogP contribution in [0.4, 0.5) is 0 Å². The summed E-state index contributed by atoms with van der Waals surface area (Å²) in [5.74, 6) is 0. The quantitative estimate of drug-likeness (QED) is 0.415. The molecule has 0 nitrogen and oxygen atoms in total. The molecule has 0 aromatic heterocycles. The van der Waals surface area contributed by atoms with Gasteiger partial charge in [0.2, 0.25) is 0 Å². The summed E-state index contributed by atoms with van der Waals surface area (Å²) in [7, 11) is 0. The first-order valence-electron chi connectivity index (χ1n) is 8.46. The van der Waals surface area contributed by atoms with Gasteiger partial charge in [-0.2, -0.15) is 0 Å². The van der Waals surface area contributed by atoms with Crippen LogP contribution in [0.15, 0.2) is 11.1 Å². The third kappa shape index (κ3) is 7.95. The average Bonchev–Trinajstić information content (AvgIpc) is 2.37. The molecule has 106 valence electrons. The highest BCUT2D eigenvalue weighted by Crippen LogP contribution is 2.20. The van der Waals surface area contributed by atoms with Gasteiger partial charge < -0.3 is 0 Å². The van der Waals surface area contributed by atoms with Gasteiger partial charge in [0, 0.05) is 0 Å². The minimum Gasteiger partial charge on any atom is -0.0744 e. The standard InChI is InChI=1S/C18H34/c1-17-15-13-11-9-7-5-3-4-6-8-10-12-14-16-18(17)2/h3-16H2,1-2H3/b18-17-. The molecule has 0 aromatic carbocycles. The first-order valence-corrected chi connectivity index (χ1v) is 8.46. The van der Waals surface area contributed by atoms with Crippen LogP contribution in [-0.4, -0.2) is 0 Å². The molecular weight excluding hydrogens is 216 g/mol. The molecule has 0 aliphatic heterocycles. The van der Waals surface area contributed by atoms with E-state index in [-0.39, 0.29) is 0 Å². The molecule has 0 amide bonds. The molecule has 0 heteroatoms. The van der Waals surface area contributed by atoms with E-state index in [1.165, 1.54) is 89.9 Å². The molecule has 1 aliphatic rings. The van der Waals surface area contributed by atoms with Crippen LogP contribution in [0.3, 0.4) is 0 Å². The second-order valence-corrected chi connectivity index (χ2v) is 6.30. The molecule has 0 heterocycles. The Kier molecular flexibility index (Phi) is 9.34. The summed E-state index contributed by atoms with van der Waals surface area (Å²) in [5, 5.41) is 0. The molecule has 0 unspecified atom stereocenters. The van der Waals surface area contributed by atoms with Crippen LogP contribution in [0.5, 0.6) is 0 Å². The highest BCUT2D eigenvalue weighted by Gasteiger charge is 2.00. The van der Waals surface area contributed by atoms with Gasteiger partial charge in [0.25, 0.3) is 0 Å². The van der Waals surface area contributed by atoms with Gasteiger partial charge in [-0.1, -0.05) is 75.4 Å². The van der Waals surface area contributed by atoms with Crippen molar-refractivity contribution < 1.29 is 0 Å². The number of hydrogen-bond donors (Lipinski definition) is 0. The molecule has 0 bridgehead atoms. The van der Waals surface area contributed by atoms with Gasteiger partial charge in [0.1, 0.15) is 0 Å². The van der Waals surface area contributed by atoms with E-state index in [1.54, 1.807) is 11.1 Å². The summed E-state index contributed by atoms with van der Waals surface area (Å²) in [6.45, 7) is 4.72. The molecule has 0 saturated heterocycles. The summed E-state index contributed by atoms with van der Waals surface area (Å²) in [6.07, 6.45) is 20.2. The Morgan fingerprint density at radius 3 is 0.889 bits per heavy atom. The molecule has 1 rings (SSSR count). The maximum atomic E-state index is 2.36. The van der Waals surface area contributed by atoms with Crippen molar-refractivity contribution in [2.75, 3.05) is 0 Å². The molecule has 1 aliphatic carbocycles. The molecule has 0 N–H and O–H groups in total. The van der Waals surface area contributed by atoms with E-state index in [9.17, 15) is 0 Å². The van der Waals surface area contributed by atoms with Crippen LogP contribution in [0, 0.1) is 0 Å². The van der Waals surface area contributed by atoms with Crippen molar-refractivity contribution in [1.82, 2.24) is 0 Å². The van der Waals surface area contributed by atoms with Crippen LogP contribution >= 0.6 is 0 Å². The third-order valence-electron chi connectivity index (χ3n) is 4.58. The zero-order valence-electron chi connectivity index (χ0n) is 12.9. The van der Waals surface area contributed by atoms with Crippen LogP contribution in [0.1, 0.15) is 104 Å². The first kappa shape index (κ1) is 15.8. The lowest BCUT2D eigenvalue weighted by Gasteiger charge is -2.09. The van der Waals surface area contributed by atoms with E-state index in [4.69, 9.17) is 0 Å². The average molecular weight is 250 g/mol. The SMILES string of the molecule is C/C1=C(\C)CCCCCCCCCCCCCC1. The lowest BCUT2D eigenvalue weighted by Crippen LogP contribution is -1.89. The number of hydrogen-bond acceptors (Lipinski definition) is 0. The predicted octanol–water partition coefficient (Wildman–Crippen LogP) is 6.80. The molecule has 18 heavy (non-hydrogen) atoms. The topological polar surface area (TPSA) is 0 Å². The van der Waals surface area contributed by atoms with Crippen LogP contribution < -0.4 is 0 Å². The smallest absolute Gasteiger partial charge is 0.0320 e. The Bertz CT molecular complexity index is 200. The van der Waals surface area contributed by atoms with Crippen LogP contribution in [-0.2, 0) is 0 Å². The van der Waals surface area contributed by atoms with Crippen LogP contribution in [0.25, 0.3) is 0 Å². The molecule has 0 spiro atoms. The second kappa shape index (κ2) is 10.6. The molecule has 0 saturated carbocycles. The predicted molar refractivity (Wildman–Crippen MR) is 83.0 cm³/mol. The third-order valence-corrected chi connectivity index (χ3v) is 4.58. The fraction of sp³-hybridized carbons (Fsp3) is 0.889. The summed E-state index contributed by atoms with van der Waals surface area (Å²) in [6, 6.07) is 0. The van der Waals surface area contributed by atoms with Crippen molar-refractivity contribution in [2.24, 2.45) is 0 Å². The fourth-order valence-electron chi connectivity index (χ4n) is 2.97. The van der Waals surface area contributed by atoms with E-state index in [0.717, 1.165) is 0 Å². The minimum absolute atomic E-state index is 1.35. The van der Waals surface area contributed by atoms with Crippen molar-refractivity contribution in [3.8, 4) is 0 Å². The van der Waals surface area contributed by atoms with Crippen molar-refractivity contribution >= 4 is 0 Å². The monoisotopic (exact) mass is 250 g/mol. The Balaban J connectivity index is 2.29. The Labute approximate surface area is 115 Å². The maximum absolute atomic E-state index is 2.36. The molecular formula is C18H34. The van der Waals surface area contributed by atoms with E-state index in [0.29, 0.717) is 0 Å². The van der Waals surface area contributed by atoms with Crippen LogP contribution in [0.2, 0.25) is 0 Å². The zero-order valence-corrected chi connectivity index (χ0v) is 12.9. The fourth-order valence-corrected chi connectivity index (χ4v) is 2.97. The van der Waals surface area contributed by atoms with Gasteiger partial charge in [-0.15, -0.1) is 0 Å². The molecule has 0 aromatic rings. The van der Waals surface area contributed by atoms with Crippen molar-refractivity contribution in [3.63, 3.8) is 0 Å².